The van der Waals surface area contributed by atoms with Crippen molar-refractivity contribution >= 4 is 10.0 Å². The second kappa shape index (κ2) is 6.31. The minimum Gasteiger partial charge on any atom is -0.332 e. The van der Waals surface area contributed by atoms with E-state index in [0.29, 0.717) is 32.6 Å². The van der Waals surface area contributed by atoms with Gasteiger partial charge in [-0.2, -0.15) is 9.57 Å². The van der Waals surface area contributed by atoms with Crippen molar-refractivity contribution in [1.82, 2.24) is 4.31 Å². The van der Waals surface area contributed by atoms with E-state index in [2.05, 4.69) is 6.07 Å². The van der Waals surface area contributed by atoms with Gasteiger partial charge < -0.3 is 4.90 Å². The zero-order valence-corrected chi connectivity index (χ0v) is 11.9. The lowest BCUT2D eigenvalue weighted by molar-refractivity contribution is -0.903. The molecule has 0 aromatic heterocycles. The summed E-state index contributed by atoms with van der Waals surface area (Å²) in [5.74, 6) is -0.552. The largest absolute Gasteiger partial charge is 0.332 e. The highest BCUT2D eigenvalue weighted by molar-refractivity contribution is 7.89. The maximum atomic E-state index is 13.1. The van der Waals surface area contributed by atoms with E-state index in [9.17, 15) is 12.8 Å². The Hall–Kier alpha value is -1.49. The van der Waals surface area contributed by atoms with Crippen LogP contribution in [0.25, 0.3) is 0 Å². The molecule has 1 aliphatic rings. The van der Waals surface area contributed by atoms with Crippen molar-refractivity contribution in [1.29, 1.82) is 5.26 Å². The van der Waals surface area contributed by atoms with E-state index < -0.39 is 15.8 Å². The fourth-order valence-electron chi connectivity index (χ4n) is 2.30. The molecule has 1 heterocycles. The van der Waals surface area contributed by atoms with Gasteiger partial charge in [0, 0.05) is 0 Å². The van der Waals surface area contributed by atoms with Crippen LogP contribution in [-0.4, -0.2) is 45.4 Å². The van der Waals surface area contributed by atoms with Gasteiger partial charge in [0.2, 0.25) is 10.0 Å². The Balaban J connectivity index is 2.04. The Labute approximate surface area is 118 Å². The van der Waals surface area contributed by atoms with E-state index in [4.69, 9.17) is 5.26 Å². The van der Waals surface area contributed by atoms with E-state index in [1.165, 1.54) is 27.4 Å². The molecule has 0 atom stereocenters. The summed E-state index contributed by atoms with van der Waals surface area (Å²) in [5.41, 5.74) is 0. The summed E-state index contributed by atoms with van der Waals surface area (Å²) < 4.78 is 39.3. The van der Waals surface area contributed by atoms with Crippen molar-refractivity contribution in [2.24, 2.45) is 0 Å². The molecule has 1 N–H and O–H groups in total. The first-order valence-electron chi connectivity index (χ1n) is 6.50. The van der Waals surface area contributed by atoms with Crippen molar-refractivity contribution in [2.45, 2.75) is 11.3 Å². The van der Waals surface area contributed by atoms with Gasteiger partial charge >= 0.3 is 0 Å². The number of hydrogen-bond acceptors (Lipinski definition) is 3. The number of nitrogens with one attached hydrogen (secondary N) is 1. The average molecular weight is 298 g/mol. The molecule has 2 rings (SSSR count). The Bertz CT molecular complexity index is 604. The minimum absolute atomic E-state index is 0.00188. The molecule has 20 heavy (non-hydrogen) atoms. The average Bonchev–Trinajstić information content (AvgIpc) is 2.45. The van der Waals surface area contributed by atoms with Gasteiger partial charge in [-0.1, -0.05) is 6.07 Å². The molecule has 0 radical (unpaired) electrons. The smallest absolute Gasteiger partial charge is 0.243 e. The summed E-state index contributed by atoms with van der Waals surface area (Å²) in [5, 5.41) is 8.55. The van der Waals surface area contributed by atoms with Gasteiger partial charge in [-0.05, 0) is 18.2 Å². The van der Waals surface area contributed by atoms with E-state index in [1.807, 2.05) is 0 Å². The normalized spacial score (nSPS) is 17.8. The predicted molar refractivity (Wildman–Crippen MR) is 71.0 cm³/mol. The Morgan fingerprint density at radius 1 is 1.35 bits per heavy atom. The van der Waals surface area contributed by atoms with E-state index in [0.717, 1.165) is 12.6 Å². The second-order valence-corrected chi connectivity index (χ2v) is 6.71. The molecule has 1 saturated heterocycles. The number of hydrogen-bond donors (Lipinski definition) is 1. The Kier molecular flexibility index (Phi) is 4.70. The molecule has 0 spiro atoms. The van der Waals surface area contributed by atoms with Gasteiger partial charge in [-0.15, -0.1) is 0 Å². The molecule has 1 aromatic rings. The first kappa shape index (κ1) is 14.9. The van der Waals surface area contributed by atoms with Gasteiger partial charge in [0.15, 0.2) is 0 Å². The molecule has 5 nitrogen and oxygen atoms in total. The van der Waals surface area contributed by atoms with Crippen LogP contribution in [0.3, 0.4) is 0 Å². The van der Waals surface area contributed by atoms with Crippen molar-refractivity contribution in [3.63, 3.8) is 0 Å². The first-order valence-corrected chi connectivity index (χ1v) is 7.94. The van der Waals surface area contributed by atoms with E-state index >= 15 is 0 Å². The molecule has 7 heteroatoms. The number of piperazine rings is 1. The number of benzene rings is 1. The monoisotopic (exact) mass is 298 g/mol. The molecule has 1 aliphatic heterocycles. The van der Waals surface area contributed by atoms with Gasteiger partial charge in [0.1, 0.15) is 5.82 Å². The van der Waals surface area contributed by atoms with Crippen molar-refractivity contribution in [2.75, 3.05) is 32.7 Å². The molecule has 1 aromatic carbocycles. The van der Waals surface area contributed by atoms with Crippen LogP contribution in [0.1, 0.15) is 6.42 Å². The SMILES string of the molecule is N#CCC[NH+]1CCN(S(=O)(=O)c2cccc(F)c2)CC1. The maximum absolute atomic E-state index is 13.1. The summed E-state index contributed by atoms with van der Waals surface area (Å²) >= 11 is 0. The van der Waals surface area contributed by atoms with Crippen LogP contribution in [0.5, 0.6) is 0 Å². The lowest BCUT2D eigenvalue weighted by Gasteiger charge is -2.31. The fourth-order valence-corrected chi connectivity index (χ4v) is 3.78. The van der Waals surface area contributed by atoms with Gasteiger partial charge in [0.05, 0.1) is 50.1 Å². The third-order valence-corrected chi connectivity index (χ3v) is 5.35. The highest BCUT2D eigenvalue weighted by atomic mass is 32.2. The zero-order valence-electron chi connectivity index (χ0n) is 11.0. The number of sulfonamides is 1. The Morgan fingerprint density at radius 2 is 2.05 bits per heavy atom. The van der Waals surface area contributed by atoms with Crippen molar-refractivity contribution < 1.29 is 17.7 Å². The lowest BCUT2D eigenvalue weighted by atomic mass is 10.3. The summed E-state index contributed by atoms with van der Waals surface area (Å²) in [6.07, 6.45) is 0.478. The molecule has 0 bridgehead atoms. The quantitative estimate of drug-likeness (QED) is 0.825. The van der Waals surface area contributed by atoms with Crippen molar-refractivity contribution in [3.8, 4) is 6.07 Å². The summed E-state index contributed by atoms with van der Waals surface area (Å²) in [6.45, 7) is 2.90. The summed E-state index contributed by atoms with van der Waals surface area (Å²) in [4.78, 5) is 1.23. The number of nitrogens with zero attached hydrogens (tertiary/aromatic N) is 2. The highest BCUT2D eigenvalue weighted by Gasteiger charge is 2.30. The molecule has 0 aliphatic carbocycles. The standard InChI is InChI=1S/C13H16FN3O2S/c14-12-3-1-4-13(11-12)20(18,19)17-9-7-16(8-10-17)6-2-5-15/h1,3-4,11H,2,6-10H2/p+1. The van der Waals surface area contributed by atoms with Crippen molar-refractivity contribution in [3.05, 3.63) is 30.1 Å². The van der Waals surface area contributed by atoms with Gasteiger partial charge in [0.25, 0.3) is 0 Å². The zero-order chi connectivity index (χ0) is 14.6. The highest BCUT2D eigenvalue weighted by Crippen LogP contribution is 2.16. The van der Waals surface area contributed by atoms with Gasteiger partial charge in [-0.25, -0.2) is 12.8 Å². The van der Waals surface area contributed by atoms with Crippen LogP contribution in [-0.2, 0) is 10.0 Å². The second-order valence-electron chi connectivity index (χ2n) is 4.77. The lowest BCUT2D eigenvalue weighted by Crippen LogP contribution is -3.14. The topological polar surface area (TPSA) is 65.6 Å². The third-order valence-electron chi connectivity index (χ3n) is 3.45. The van der Waals surface area contributed by atoms with Crippen LogP contribution < -0.4 is 4.90 Å². The molecular weight excluding hydrogens is 281 g/mol. The van der Waals surface area contributed by atoms with Crippen LogP contribution >= 0.6 is 0 Å². The van der Waals surface area contributed by atoms with E-state index in [-0.39, 0.29) is 4.90 Å². The van der Waals surface area contributed by atoms with E-state index in [1.54, 1.807) is 0 Å². The van der Waals surface area contributed by atoms with Crippen LogP contribution in [0.15, 0.2) is 29.2 Å². The molecular formula is C13H17FN3O2S+. The number of halogens is 1. The van der Waals surface area contributed by atoms with Gasteiger partial charge in [-0.3, -0.25) is 0 Å². The minimum atomic E-state index is -3.61. The summed E-state index contributed by atoms with van der Waals surface area (Å²) in [6, 6.07) is 7.17. The molecule has 1 fully saturated rings. The summed E-state index contributed by atoms with van der Waals surface area (Å²) in [7, 11) is -3.61. The first-order chi connectivity index (χ1) is 9.54. The Morgan fingerprint density at radius 3 is 2.65 bits per heavy atom. The molecule has 0 unspecified atom stereocenters. The fraction of sp³-hybridized carbons (Fsp3) is 0.462. The molecule has 0 saturated carbocycles. The van der Waals surface area contributed by atoms with Crippen LogP contribution in [0.2, 0.25) is 0 Å². The predicted octanol–water partition coefficient (Wildman–Crippen LogP) is -0.371. The third kappa shape index (κ3) is 3.33. The number of rotatable bonds is 4. The molecule has 108 valence electrons. The number of nitriles is 1. The maximum Gasteiger partial charge on any atom is 0.243 e. The molecule has 0 amide bonds. The number of quaternary nitrogens is 1. The van der Waals surface area contributed by atoms with Crippen LogP contribution in [0, 0.1) is 17.1 Å². The van der Waals surface area contributed by atoms with Crippen LogP contribution in [0.4, 0.5) is 4.39 Å².